The van der Waals surface area contributed by atoms with Gasteiger partial charge in [0.2, 0.25) is 5.91 Å². The topological polar surface area (TPSA) is 35.9 Å². The molecular weight excluding hydrogens is 433 g/mol. The lowest BCUT2D eigenvalue weighted by molar-refractivity contribution is -0.117. The quantitative estimate of drug-likeness (QED) is 0.577. The summed E-state index contributed by atoms with van der Waals surface area (Å²) in [6, 6.07) is 4.98. The first kappa shape index (κ1) is 20.3. The van der Waals surface area contributed by atoms with Crippen molar-refractivity contribution in [1.82, 2.24) is 4.90 Å². The van der Waals surface area contributed by atoms with Gasteiger partial charge < -0.3 is 4.90 Å². The molecule has 1 amide bonds. The molecular formula is C24H29ClFN3OS. The molecule has 1 atom stereocenters. The van der Waals surface area contributed by atoms with E-state index in [1.165, 1.54) is 51.5 Å². The Morgan fingerprint density at radius 1 is 1.19 bits per heavy atom. The molecule has 7 rings (SSSR count). The molecule has 5 aliphatic carbocycles. The van der Waals surface area contributed by atoms with Gasteiger partial charge in [0, 0.05) is 23.7 Å². The predicted octanol–water partition coefficient (Wildman–Crippen LogP) is 5.69. The van der Waals surface area contributed by atoms with Crippen LogP contribution in [0.2, 0.25) is 5.02 Å². The third-order valence-corrected chi connectivity index (χ3v) is 9.25. The van der Waals surface area contributed by atoms with Gasteiger partial charge in [-0.2, -0.15) is 0 Å². The van der Waals surface area contributed by atoms with Gasteiger partial charge in [0.1, 0.15) is 12.0 Å². The fourth-order valence-electron chi connectivity index (χ4n) is 7.09. The SMILES string of the molecule is CC(=O)N(c1ccc(Cl)cc1F)C1CSC(=NC23CC4CC(CC(C4)C2)C3)N1C1CC1. The van der Waals surface area contributed by atoms with E-state index in [4.69, 9.17) is 16.6 Å². The highest BCUT2D eigenvalue weighted by Gasteiger charge is 2.53. The van der Waals surface area contributed by atoms with Crippen molar-refractivity contribution >= 4 is 40.1 Å². The van der Waals surface area contributed by atoms with Crippen LogP contribution in [0.5, 0.6) is 0 Å². The first-order chi connectivity index (χ1) is 14.9. The fraction of sp³-hybridized carbons (Fsp3) is 0.667. The number of carbonyl (C=O) groups is 1. The third-order valence-electron chi connectivity index (χ3n) is 7.99. The van der Waals surface area contributed by atoms with E-state index in [1.54, 1.807) is 28.8 Å². The number of aliphatic imine (C=N–C) groups is 1. The summed E-state index contributed by atoms with van der Waals surface area (Å²) >= 11 is 7.73. The zero-order chi connectivity index (χ0) is 21.3. The summed E-state index contributed by atoms with van der Waals surface area (Å²) in [7, 11) is 0. The summed E-state index contributed by atoms with van der Waals surface area (Å²) in [6.45, 7) is 1.53. The van der Waals surface area contributed by atoms with Gasteiger partial charge in [0.25, 0.3) is 0 Å². The molecule has 1 aromatic carbocycles. The Morgan fingerprint density at radius 3 is 2.39 bits per heavy atom. The molecule has 6 fully saturated rings. The summed E-state index contributed by atoms with van der Waals surface area (Å²) in [4.78, 5) is 22.2. The van der Waals surface area contributed by atoms with Gasteiger partial charge in [-0.25, -0.2) is 4.39 Å². The Bertz CT molecular complexity index is 913. The van der Waals surface area contributed by atoms with Crippen molar-refractivity contribution < 1.29 is 9.18 Å². The summed E-state index contributed by atoms with van der Waals surface area (Å²) in [5.41, 5.74) is 0.412. The molecule has 1 aromatic rings. The Balaban J connectivity index is 1.34. The smallest absolute Gasteiger partial charge is 0.225 e. The third kappa shape index (κ3) is 3.58. The minimum atomic E-state index is -0.449. The summed E-state index contributed by atoms with van der Waals surface area (Å²) in [6.07, 6.45) is 9.94. The van der Waals surface area contributed by atoms with Crippen molar-refractivity contribution in [1.29, 1.82) is 0 Å². The zero-order valence-corrected chi connectivity index (χ0v) is 19.5. The van der Waals surface area contributed by atoms with Gasteiger partial charge in [-0.3, -0.25) is 14.7 Å². The molecule has 4 nitrogen and oxygen atoms in total. The van der Waals surface area contributed by atoms with Crippen LogP contribution in [0.3, 0.4) is 0 Å². The molecule has 0 aromatic heterocycles. The van der Waals surface area contributed by atoms with Crippen LogP contribution >= 0.6 is 23.4 Å². The average molecular weight is 462 g/mol. The Kier molecular flexibility index (Phi) is 4.84. The normalized spacial score (nSPS) is 37.6. The van der Waals surface area contributed by atoms with Crippen LogP contribution in [-0.2, 0) is 4.79 Å². The molecule has 1 heterocycles. The van der Waals surface area contributed by atoms with Gasteiger partial charge in [-0.05, 0) is 87.3 Å². The second kappa shape index (κ2) is 7.38. The second-order valence-corrected chi connectivity index (χ2v) is 11.9. The number of thioether (sulfide) groups is 1. The predicted molar refractivity (Wildman–Crippen MR) is 124 cm³/mol. The monoisotopic (exact) mass is 461 g/mol. The van der Waals surface area contributed by atoms with Crippen LogP contribution in [-0.4, -0.2) is 39.5 Å². The van der Waals surface area contributed by atoms with Crippen molar-refractivity contribution in [2.24, 2.45) is 22.7 Å². The van der Waals surface area contributed by atoms with E-state index in [0.717, 1.165) is 41.5 Å². The number of nitrogens with zero attached hydrogens (tertiary/aromatic N) is 3. The number of anilines is 1. The van der Waals surface area contributed by atoms with Crippen LogP contribution in [0.4, 0.5) is 10.1 Å². The van der Waals surface area contributed by atoms with Gasteiger partial charge in [0.05, 0.1) is 11.2 Å². The average Bonchev–Trinajstić information content (AvgIpc) is 3.44. The maximum Gasteiger partial charge on any atom is 0.225 e. The van der Waals surface area contributed by atoms with E-state index < -0.39 is 5.82 Å². The lowest BCUT2D eigenvalue weighted by atomic mass is 9.53. The Labute approximate surface area is 192 Å². The number of rotatable bonds is 4. The van der Waals surface area contributed by atoms with Crippen LogP contribution in [0, 0.1) is 23.6 Å². The van der Waals surface area contributed by atoms with E-state index in [2.05, 4.69) is 4.90 Å². The van der Waals surface area contributed by atoms with Crippen LogP contribution in [0.1, 0.15) is 58.3 Å². The first-order valence-electron chi connectivity index (χ1n) is 11.7. The minimum Gasteiger partial charge on any atom is -0.327 e. The summed E-state index contributed by atoms with van der Waals surface area (Å²) in [5, 5.41) is 1.43. The summed E-state index contributed by atoms with van der Waals surface area (Å²) < 4.78 is 14.8. The molecule has 0 N–H and O–H groups in total. The van der Waals surface area contributed by atoms with E-state index in [9.17, 15) is 9.18 Å². The molecule has 5 saturated carbocycles. The number of amidine groups is 1. The van der Waals surface area contributed by atoms with E-state index in [-0.39, 0.29) is 17.6 Å². The molecule has 166 valence electrons. The van der Waals surface area contributed by atoms with Crippen molar-refractivity contribution in [3.63, 3.8) is 0 Å². The number of hydrogen-bond acceptors (Lipinski definition) is 3. The van der Waals surface area contributed by atoms with Gasteiger partial charge in [0.15, 0.2) is 5.17 Å². The zero-order valence-electron chi connectivity index (χ0n) is 17.9. The van der Waals surface area contributed by atoms with Gasteiger partial charge in [-0.15, -0.1) is 0 Å². The largest absolute Gasteiger partial charge is 0.327 e. The first-order valence-corrected chi connectivity index (χ1v) is 13.0. The number of benzene rings is 1. The van der Waals surface area contributed by atoms with Crippen LogP contribution in [0.25, 0.3) is 0 Å². The van der Waals surface area contributed by atoms with Crippen molar-refractivity contribution in [2.45, 2.75) is 76.0 Å². The highest BCUT2D eigenvalue weighted by molar-refractivity contribution is 8.14. The van der Waals surface area contributed by atoms with Crippen LogP contribution < -0.4 is 4.90 Å². The standard InChI is InChI=1S/C24H29ClFN3OS/c1-14(30)28(21-5-2-18(25)9-20(21)26)22-13-31-23(29(22)19-3-4-19)27-24-10-15-6-16(11-24)8-17(7-15)12-24/h2,5,9,15-17,19,22H,3-4,6-8,10-13H2,1H3. The number of carbonyl (C=O) groups excluding carboxylic acids is 1. The van der Waals surface area contributed by atoms with Crippen molar-refractivity contribution in [3.05, 3.63) is 29.0 Å². The number of hydrogen-bond donors (Lipinski definition) is 0. The molecule has 0 spiro atoms. The minimum absolute atomic E-state index is 0.103. The molecule has 0 radical (unpaired) electrons. The maximum absolute atomic E-state index is 14.8. The molecule has 6 aliphatic rings. The molecule has 1 aliphatic heterocycles. The van der Waals surface area contributed by atoms with E-state index in [1.807, 2.05) is 0 Å². The maximum atomic E-state index is 14.8. The lowest BCUT2D eigenvalue weighted by Gasteiger charge is -2.55. The Morgan fingerprint density at radius 2 is 1.84 bits per heavy atom. The lowest BCUT2D eigenvalue weighted by Crippen LogP contribution is -2.53. The van der Waals surface area contributed by atoms with Gasteiger partial charge >= 0.3 is 0 Å². The van der Waals surface area contributed by atoms with Crippen LogP contribution in [0.15, 0.2) is 23.2 Å². The molecule has 1 unspecified atom stereocenters. The van der Waals surface area contributed by atoms with Gasteiger partial charge in [-0.1, -0.05) is 23.4 Å². The summed E-state index contributed by atoms with van der Waals surface area (Å²) in [5.74, 6) is 2.68. The molecule has 4 bridgehead atoms. The highest BCUT2D eigenvalue weighted by atomic mass is 35.5. The fourth-order valence-corrected chi connectivity index (χ4v) is 8.54. The van der Waals surface area contributed by atoms with Crippen molar-refractivity contribution in [2.75, 3.05) is 10.7 Å². The van der Waals surface area contributed by atoms with Crippen molar-refractivity contribution in [3.8, 4) is 0 Å². The molecule has 31 heavy (non-hydrogen) atoms. The molecule has 1 saturated heterocycles. The Hall–Kier alpha value is -1.27. The second-order valence-electron chi connectivity index (χ2n) is 10.5. The number of amides is 1. The molecule has 7 heteroatoms. The number of halogens is 2. The highest BCUT2D eigenvalue weighted by Crippen LogP contribution is 2.58. The van der Waals surface area contributed by atoms with E-state index in [0.29, 0.717) is 16.8 Å². The van der Waals surface area contributed by atoms with E-state index >= 15 is 0 Å².